The fourth-order valence-corrected chi connectivity index (χ4v) is 3.99. The molecule has 1 aliphatic heterocycles. The predicted octanol–water partition coefficient (Wildman–Crippen LogP) is 1.81. The molecule has 0 amide bonds. The van der Waals surface area contributed by atoms with E-state index in [9.17, 15) is 8.42 Å². The number of nitrogens with zero attached hydrogens (tertiary/aromatic N) is 1. The molecule has 0 bridgehead atoms. The van der Waals surface area contributed by atoms with E-state index in [0.29, 0.717) is 6.54 Å². The van der Waals surface area contributed by atoms with Crippen LogP contribution < -0.4 is 5.32 Å². The van der Waals surface area contributed by atoms with Crippen LogP contribution in [0.4, 0.5) is 0 Å². The molecule has 2 aliphatic rings. The van der Waals surface area contributed by atoms with Gasteiger partial charge in [0.15, 0.2) is 9.84 Å². The molecule has 5 heteroatoms. The van der Waals surface area contributed by atoms with Crippen molar-refractivity contribution in [3.05, 3.63) is 0 Å². The molecule has 4 nitrogen and oxygen atoms in total. The zero-order valence-corrected chi connectivity index (χ0v) is 14.1. The molecular formula is C15H30N2O2S. The van der Waals surface area contributed by atoms with Crippen molar-refractivity contribution >= 4 is 9.84 Å². The van der Waals surface area contributed by atoms with Gasteiger partial charge in [-0.25, -0.2) is 8.42 Å². The van der Waals surface area contributed by atoms with E-state index in [0.717, 1.165) is 26.1 Å². The number of rotatable bonds is 3. The Balaban J connectivity index is 2.07. The van der Waals surface area contributed by atoms with Gasteiger partial charge in [0.1, 0.15) is 0 Å². The quantitative estimate of drug-likeness (QED) is 0.864. The summed E-state index contributed by atoms with van der Waals surface area (Å²) in [5.74, 6) is 0. The summed E-state index contributed by atoms with van der Waals surface area (Å²) in [6.07, 6.45) is 8.90. The maximum Gasteiger partial charge on any atom is 0.153 e. The van der Waals surface area contributed by atoms with Crippen molar-refractivity contribution in [1.82, 2.24) is 10.2 Å². The van der Waals surface area contributed by atoms with Gasteiger partial charge in [-0.1, -0.05) is 19.3 Å². The maximum atomic E-state index is 11.9. The average Bonchev–Trinajstić information content (AvgIpc) is 2.51. The number of hydrogen-bond donors (Lipinski definition) is 1. The van der Waals surface area contributed by atoms with Crippen LogP contribution in [0.2, 0.25) is 0 Å². The molecule has 0 unspecified atom stereocenters. The first kappa shape index (κ1) is 16.2. The van der Waals surface area contributed by atoms with Crippen LogP contribution in [-0.2, 0) is 9.84 Å². The molecule has 2 fully saturated rings. The van der Waals surface area contributed by atoms with Gasteiger partial charge in [-0.05, 0) is 46.2 Å². The molecule has 118 valence electrons. The molecule has 2 rings (SSSR count). The zero-order valence-electron chi connectivity index (χ0n) is 13.2. The smallest absolute Gasteiger partial charge is 0.153 e. The van der Waals surface area contributed by atoms with Crippen molar-refractivity contribution in [2.75, 3.05) is 32.4 Å². The molecule has 1 N–H and O–H groups in total. The lowest BCUT2D eigenvalue weighted by Crippen LogP contribution is -2.55. The van der Waals surface area contributed by atoms with E-state index < -0.39 is 14.6 Å². The van der Waals surface area contributed by atoms with Gasteiger partial charge in [0, 0.05) is 24.9 Å². The molecule has 1 spiro atoms. The first-order valence-corrected chi connectivity index (χ1v) is 9.80. The molecule has 0 atom stereocenters. The summed E-state index contributed by atoms with van der Waals surface area (Å²) in [6.45, 7) is 7.44. The van der Waals surface area contributed by atoms with E-state index in [1.165, 1.54) is 38.4 Å². The van der Waals surface area contributed by atoms with Crippen molar-refractivity contribution in [1.29, 1.82) is 0 Å². The second-order valence-electron chi connectivity index (χ2n) is 7.36. The van der Waals surface area contributed by atoms with E-state index in [1.54, 1.807) is 0 Å². The minimum absolute atomic E-state index is 0.238. The monoisotopic (exact) mass is 302 g/mol. The first-order valence-electron chi connectivity index (χ1n) is 7.91. The van der Waals surface area contributed by atoms with Gasteiger partial charge in [-0.3, -0.25) is 4.90 Å². The van der Waals surface area contributed by atoms with E-state index in [2.05, 4.69) is 10.2 Å². The second-order valence-corrected chi connectivity index (χ2v) is 10.0. The van der Waals surface area contributed by atoms with Crippen LogP contribution in [0, 0.1) is 0 Å². The first-order chi connectivity index (χ1) is 9.24. The highest BCUT2D eigenvalue weighted by Crippen LogP contribution is 2.31. The van der Waals surface area contributed by atoms with Crippen LogP contribution in [0.5, 0.6) is 0 Å². The van der Waals surface area contributed by atoms with E-state index in [4.69, 9.17) is 0 Å². The highest BCUT2D eigenvalue weighted by atomic mass is 32.2. The van der Waals surface area contributed by atoms with E-state index in [1.807, 2.05) is 13.8 Å². The largest absolute Gasteiger partial charge is 0.310 e. The Bertz CT molecular complexity index is 425. The van der Waals surface area contributed by atoms with Crippen molar-refractivity contribution in [3.63, 3.8) is 0 Å². The lowest BCUT2D eigenvalue weighted by atomic mass is 9.81. The number of hydrogen-bond acceptors (Lipinski definition) is 4. The summed E-state index contributed by atoms with van der Waals surface area (Å²) in [5.41, 5.74) is 0.238. The van der Waals surface area contributed by atoms with Gasteiger partial charge in [0.05, 0.1) is 4.75 Å². The van der Waals surface area contributed by atoms with E-state index >= 15 is 0 Å². The minimum Gasteiger partial charge on any atom is -0.310 e. The summed E-state index contributed by atoms with van der Waals surface area (Å²) in [6, 6.07) is 0. The minimum atomic E-state index is -3.02. The van der Waals surface area contributed by atoms with Crippen LogP contribution >= 0.6 is 0 Å². The van der Waals surface area contributed by atoms with Gasteiger partial charge in [-0.2, -0.15) is 0 Å². The average molecular weight is 302 g/mol. The Morgan fingerprint density at radius 1 is 1.15 bits per heavy atom. The third kappa shape index (κ3) is 3.74. The summed E-state index contributed by atoms with van der Waals surface area (Å²) in [7, 11) is -3.02. The Morgan fingerprint density at radius 2 is 1.80 bits per heavy atom. The normalized spacial score (nSPS) is 25.6. The topological polar surface area (TPSA) is 49.4 Å². The van der Waals surface area contributed by atoms with Gasteiger partial charge < -0.3 is 5.32 Å². The van der Waals surface area contributed by atoms with Crippen LogP contribution in [0.15, 0.2) is 0 Å². The second kappa shape index (κ2) is 5.93. The molecule has 0 aromatic carbocycles. The molecule has 1 heterocycles. The van der Waals surface area contributed by atoms with Crippen LogP contribution in [0.1, 0.15) is 52.4 Å². The lowest BCUT2D eigenvalue weighted by molar-refractivity contribution is 0.157. The fraction of sp³-hybridized carbons (Fsp3) is 1.00. The molecular weight excluding hydrogens is 272 g/mol. The Kier molecular flexibility index (Phi) is 4.82. The molecule has 1 aliphatic carbocycles. The maximum absolute atomic E-state index is 11.9. The Hall–Kier alpha value is -0.130. The Labute approximate surface area is 124 Å². The predicted molar refractivity (Wildman–Crippen MR) is 83.8 cm³/mol. The molecule has 0 aromatic rings. The van der Waals surface area contributed by atoms with Crippen molar-refractivity contribution in [3.8, 4) is 0 Å². The van der Waals surface area contributed by atoms with Crippen LogP contribution in [0.25, 0.3) is 0 Å². The summed E-state index contributed by atoms with van der Waals surface area (Å²) in [5, 5.41) is 3.76. The van der Waals surface area contributed by atoms with Gasteiger partial charge in [-0.15, -0.1) is 0 Å². The highest BCUT2D eigenvalue weighted by molar-refractivity contribution is 7.92. The molecule has 0 radical (unpaired) electrons. The van der Waals surface area contributed by atoms with E-state index in [-0.39, 0.29) is 5.54 Å². The Morgan fingerprint density at radius 3 is 2.40 bits per heavy atom. The molecule has 1 saturated carbocycles. The molecule has 0 aromatic heterocycles. The van der Waals surface area contributed by atoms with Gasteiger partial charge >= 0.3 is 0 Å². The standard InChI is InChI=1S/C15H30N2O2S/c1-14(2,20(3,18)19)12-17-11-7-10-16-15(13-17)8-5-4-6-9-15/h16H,4-13H2,1-3H3. The number of sulfone groups is 1. The van der Waals surface area contributed by atoms with Crippen molar-refractivity contribution in [2.24, 2.45) is 0 Å². The van der Waals surface area contributed by atoms with Crippen LogP contribution in [-0.4, -0.2) is 56.0 Å². The summed E-state index contributed by atoms with van der Waals surface area (Å²) < 4.78 is 23.2. The molecule has 20 heavy (non-hydrogen) atoms. The highest BCUT2D eigenvalue weighted by Gasteiger charge is 2.38. The van der Waals surface area contributed by atoms with Gasteiger partial charge in [0.2, 0.25) is 0 Å². The van der Waals surface area contributed by atoms with Crippen molar-refractivity contribution in [2.45, 2.75) is 62.7 Å². The van der Waals surface area contributed by atoms with Crippen LogP contribution in [0.3, 0.4) is 0 Å². The third-order valence-electron chi connectivity index (χ3n) is 5.10. The lowest BCUT2D eigenvalue weighted by Gasteiger charge is -2.41. The summed E-state index contributed by atoms with van der Waals surface area (Å²) in [4.78, 5) is 2.38. The third-order valence-corrected chi connectivity index (χ3v) is 7.23. The SMILES string of the molecule is CC(C)(CN1CCCNC2(CCCCC2)C1)S(C)(=O)=O. The summed E-state index contributed by atoms with van der Waals surface area (Å²) >= 11 is 0. The molecule has 1 saturated heterocycles. The number of nitrogens with one attached hydrogen (secondary N) is 1. The van der Waals surface area contributed by atoms with Crippen molar-refractivity contribution < 1.29 is 8.42 Å². The zero-order chi connectivity index (χ0) is 14.9. The fourth-order valence-electron chi connectivity index (χ4n) is 3.57. The van der Waals surface area contributed by atoms with Gasteiger partial charge in [0.25, 0.3) is 0 Å².